The molecule has 7 rings (SSSR count). The largest absolute Gasteiger partial charge is 0.293 e. The lowest BCUT2D eigenvalue weighted by Gasteiger charge is -2.47. The average molecular weight is 484 g/mol. The van der Waals surface area contributed by atoms with Crippen LogP contribution in [0.1, 0.15) is 42.6 Å². The molecule has 0 unspecified atom stereocenters. The first-order valence-corrected chi connectivity index (χ1v) is 13.6. The summed E-state index contributed by atoms with van der Waals surface area (Å²) in [6.07, 6.45) is 0. The molecule has 4 aliphatic rings. The lowest BCUT2D eigenvalue weighted by atomic mass is 9.58. The SMILES string of the molecule is O=C1c2ccccc2C(=O)C12N1CSC[C@@H]1[C@@H](c1ccccc1)[C@@]21CSc2ccccc2C1=O. The van der Waals surface area contributed by atoms with E-state index in [4.69, 9.17) is 0 Å². The molecule has 0 N–H and O–H groups in total. The minimum atomic E-state index is -1.51. The van der Waals surface area contributed by atoms with Crippen LogP contribution < -0.4 is 0 Å². The van der Waals surface area contributed by atoms with Gasteiger partial charge in [0.2, 0.25) is 0 Å². The number of nitrogens with zero attached hydrogens (tertiary/aromatic N) is 1. The van der Waals surface area contributed by atoms with Crippen LogP contribution in [0, 0.1) is 5.41 Å². The maximum Gasteiger partial charge on any atom is 0.192 e. The highest BCUT2D eigenvalue weighted by Crippen LogP contribution is 2.67. The number of hydrogen-bond donors (Lipinski definition) is 0. The van der Waals surface area contributed by atoms with Crippen molar-refractivity contribution in [1.29, 1.82) is 0 Å². The Hall–Kier alpha value is -2.67. The number of thioether (sulfide) groups is 2. The monoisotopic (exact) mass is 483 g/mol. The third kappa shape index (κ3) is 2.25. The van der Waals surface area contributed by atoms with E-state index in [-0.39, 0.29) is 29.3 Å². The Morgan fingerprint density at radius 2 is 1.35 bits per heavy atom. The number of benzene rings is 3. The molecule has 0 radical (unpaired) electrons. The van der Waals surface area contributed by atoms with E-state index in [9.17, 15) is 14.4 Å². The molecule has 0 aromatic heterocycles. The summed E-state index contributed by atoms with van der Waals surface area (Å²) in [5.74, 6) is 1.05. The predicted octanol–water partition coefficient (Wildman–Crippen LogP) is 4.95. The van der Waals surface area contributed by atoms with Gasteiger partial charge < -0.3 is 0 Å². The second-order valence-electron chi connectivity index (χ2n) is 9.42. The van der Waals surface area contributed by atoms with Crippen LogP contribution in [0.4, 0.5) is 0 Å². The molecule has 0 amide bonds. The number of carbonyl (C=O) groups is 3. The first-order valence-electron chi connectivity index (χ1n) is 11.5. The molecule has 6 heteroatoms. The standard InChI is InChI=1S/C28H21NO3S2/c30-24-20-12-6-7-13-22(20)34-15-27(24)23(17-8-2-1-3-9-17)21-14-33-16-29(21)28(27)25(31)18-10-4-5-11-19(18)26(28)32/h1-13,21,23H,14-16H2/t21-,23-,27-/m1/s1. The number of fused-ring (bicyclic) bond motifs is 5. The summed E-state index contributed by atoms with van der Waals surface area (Å²) in [5, 5.41) is 0. The summed E-state index contributed by atoms with van der Waals surface area (Å²) >= 11 is 3.36. The van der Waals surface area contributed by atoms with Gasteiger partial charge in [0.1, 0.15) is 0 Å². The van der Waals surface area contributed by atoms with E-state index in [2.05, 4.69) is 17.0 Å². The first kappa shape index (κ1) is 20.7. The molecule has 0 bridgehead atoms. The average Bonchev–Trinajstić information content (AvgIpc) is 3.51. The second-order valence-corrected chi connectivity index (χ2v) is 11.4. The van der Waals surface area contributed by atoms with Gasteiger partial charge in [0.05, 0.1) is 5.41 Å². The molecule has 2 spiro atoms. The van der Waals surface area contributed by atoms with Crippen molar-refractivity contribution >= 4 is 40.9 Å². The Balaban J connectivity index is 1.57. The van der Waals surface area contributed by atoms with Gasteiger partial charge in [-0.3, -0.25) is 19.3 Å². The van der Waals surface area contributed by atoms with Crippen LogP contribution in [-0.2, 0) is 0 Å². The number of ketones is 3. The summed E-state index contributed by atoms with van der Waals surface area (Å²) in [4.78, 5) is 46.6. The Morgan fingerprint density at radius 1 is 0.735 bits per heavy atom. The molecule has 4 nitrogen and oxygen atoms in total. The fourth-order valence-corrected chi connectivity index (χ4v) is 9.57. The van der Waals surface area contributed by atoms with Crippen molar-refractivity contribution in [2.75, 3.05) is 17.4 Å². The van der Waals surface area contributed by atoms with Crippen LogP contribution in [0.5, 0.6) is 0 Å². The van der Waals surface area contributed by atoms with E-state index in [1.165, 1.54) is 0 Å². The molecule has 1 aliphatic carbocycles. The smallest absolute Gasteiger partial charge is 0.192 e. The fourth-order valence-electron chi connectivity index (χ4n) is 6.87. The van der Waals surface area contributed by atoms with E-state index in [0.717, 1.165) is 16.2 Å². The van der Waals surface area contributed by atoms with Crippen molar-refractivity contribution in [3.8, 4) is 0 Å². The Morgan fingerprint density at radius 3 is 2.06 bits per heavy atom. The van der Waals surface area contributed by atoms with E-state index in [1.807, 2.05) is 54.6 Å². The zero-order valence-electron chi connectivity index (χ0n) is 18.3. The maximum absolute atomic E-state index is 14.7. The minimum absolute atomic E-state index is 0.0652. The van der Waals surface area contributed by atoms with Gasteiger partial charge in [-0.25, -0.2) is 0 Å². The van der Waals surface area contributed by atoms with Crippen LogP contribution in [0.15, 0.2) is 83.8 Å². The van der Waals surface area contributed by atoms with E-state index in [1.54, 1.807) is 35.7 Å². The fraction of sp³-hybridized carbons (Fsp3) is 0.250. The topological polar surface area (TPSA) is 54.5 Å². The first-order chi connectivity index (χ1) is 16.6. The molecule has 168 valence electrons. The molecule has 3 aliphatic heterocycles. The molecule has 34 heavy (non-hydrogen) atoms. The molecule has 2 saturated heterocycles. The third-order valence-corrected chi connectivity index (χ3v) is 10.4. The van der Waals surface area contributed by atoms with Crippen molar-refractivity contribution in [3.63, 3.8) is 0 Å². The van der Waals surface area contributed by atoms with Gasteiger partial charge in [0, 0.05) is 50.9 Å². The minimum Gasteiger partial charge on any atom is -0.293 e. The van der Waals surface area contributed by atoms with Crippen LogP contribution in [0.3, 0.4) is 0 Å². The molecular formula is C28H21NO3S2. The molecule has 3 aromatic carbocycles. The van der Waals surface area contributed by atoms with Crippen molar-refractivity contribution in [2.24, 2.45) is 5.41 Å². The van der Waals surface area contributed by atoms with Gasteiger partial charge in [-0.05, 0) is 11.6 Å². The zero-order valence-corrected chi connectivity index (χ0v) is 19.9. The highest BCUT2D eigenvalue weighted by molar-refractivity contribution is 7.99. The van der Waals surface area contributed by atoms with Gasteiger partial charge in [0.15, 0.2) is 22.9 Å². The van der Waals surface area contributed by atoms with Crippen LogP contribution >= 0.6 is 23.5 Å². The van der Waals surface area contributed by atoms with E-state index in [0.29, 0.717) is 28.3 Å². The summed E-state index contributed by atoms with van der Waals surface area (Å²) in [6, 6.07) is 24.7. The van der Waals surface area contributed by atoms with Crippen molar-refractivity contribution in [2.45, 2.75) is 22.4 Å². The van der Waals surface area contributed by atoms with Gasteiger partial charge in [-0.15, -0.1) is 23.5 Å². The van der Waals surface area contributed by atoms with E-state index < -0.39 is 11.0 Å². The summed E-state index contributed by atoms with van der Waals surface area (Å²) in [5.41, 5.74) is -0.123. The predicted molar refractivity (Wildman–Crippen MR) is 134 cm³/mol. The summed E-state index contributed by atoms with van der Waals surface area (Å²) in [7, 11) is 0. The highest BCUT2D eigenvalue weighted by atomic mass is 32.2. The normalized spacial score (nSPS) is 29.0. The van der Waals surface area contributed by atoms with Crippen molar-refractivity contribution in [1.82, 2.24) is 4.90 Å². The Kier molecular flexibility index (Phi) is 4.36. The van der Waals surface area contributed by atoms with Gasteiger partial charge in [-0.2, -0.15) is 0 Å². The Bertz CT molecular complexity index is 1350. The molecule has 3 aromatic rings. The molecule has 3 heterocycles. The van der Waals surface area contributed by atoms with Gasteiger partial charge >= 0.3 is 0 Å². The lowest BCUT2D eigenvalue weighted by Crippen LogP contribution is -2.66. The molecule has 2 fully saturated rings. The van der Waals surface area contributed by atoms with E-state index >= 15 is 0 Å². The third-order valence-electron chi connectivity index (χ3n) is 8.14. The maximum atomic E-state index is 14.7. The van der Waals surface area contributed by atoms with Gasteiger partial charge in [-0.1, -0.05) is 72.8 Å². The Labute approximate surface area is 206 Å². The molecular weight excluding hydrogens is 462 g/mol. The van der Waals surface area contributed by atoms with Crippen molar-refractivity contribution in [3.05, 3.63) is 101 Å². The van der Waals surface area contributed by atoms with Crippen LogP contribution in [0.2, 0.25) is 0 Å². The van der Waals surface area contributed by atoms with Gasteiger partial charge in [0.25, 0.3) is 0 Å². The lowest BCUT2D eigenvalue weighted by molar-refractivity contribution is 0.0340. The number of hydrogen-bond acceptors (Lipinski definition) is 6. The number of Topliss-reactive ketones (excluding diaryl/α,β-unsaturated/α-hetero) is 3. The number of rotatable bonds is 1. The summed E-state index contributed by atoms with van der Waals surface area (Å²) < 4.78 is 0. The zero-order chi connectivity index (χ0) is 23.1. The second kappa shape index (κ2) is 7.17. The molecule has 0 saturated carbocycles. The molecule has 3 atom stereocenters. The highest BCUT2D eigenvalue weighted by Gasteiger charge is 2.80. The van der Waals surface area contributed by atoms with Crippen LogP contribution in [-0.4, -0.2) is 51.2 Å². The van der Waals surface area contributed by atoms with Crippen LogP contribution in [0.25, 0.3) is 0 Å². The summed E-state index contributed by atoms with van der Waals surface area (Å²) in [6.45, 7) is 0. The quantitative estimate of drug-likeness (QED) is 0.457. The number of carbonyl (C=O) groups excluding carboxylic acids is 3. The van der Waals surface area contributed by atoms with Crippen molar-refractivity contribution < 1.29 is 14.4 Å².